The molecule has 9 heteroatoms. The number of benzene rings is 1. The van der Waals surface area contributed by atoms with Gasteiger partial charge in [0.1, 0.15) is 5.00 Å². The summed E-state index contributed by atoms with van der Waals surface area (Å²) in [6.07, 6.45) is 4.57. The van der Waals surface area contributed by atoms with E-state index in [1.54, 1.807) is 18.2 Å². The lowest BCUT2D eigenvalue weighted by atomic mass is 9.95. The number of nitrogens with one attached hydrogen (secondary N) is 2. The van der Waals surface area contributed by atoms with Gasteiger partial charge in [0.25, 0.3) is 11.8 Å². The molecule has 1 aliphatic carbocycles. The highest BCUT2D eigenvalue weighted by atomic mass is 32.1. The number of ether oxygens (including phenoxy) is 1. The number of anilines is 2. The van der Waals surface area contributed by atoms with Crippen LogP contribution in [0, 0.1) is 0 Å². The van der Waals surface area contributed by atoms with Gasteiger partial charge < -0.3 is 21.1 Å². The minimum Gasteiger partial charge on any atom is -0.452 e. The van der Waals surface area contributed by atoms with Gasteiger partial charge in [-0.1, -0.05) is 0 Å². The topological polar surface area (TPSA) is 128 Å². The van der Waals surface area contributed by atoms with Crippen molar-refractivity contribution in [2.75, 3.05) is 17.2 Å². The number of fused-ring (bicyclic) bond motifs is 2. The summed E-state index contributed by atoms with van der Waals surface area (Å²) < 4.78 is 5.13. The van der Waals surface area contributed by atoms with E-state index in [0.717, 1.165) is 41.7 Å². The average molecular weight is 427 g/mol. The molecule has 3 amide bonds. The Kier molecular flexibility index (Phi) is 5.54. The fourth-order valence-corrected chi connectivity index (χ4v) is 5.11. The van der Waals surface area contributed by atoms with E-state index in [1.807, 2.05) is 0 Å². The molecule has 30 heavy (non-hydrogen) atoms. The highest BCUT2D eigenvalue weighted by Crippen LogP contribution is 2.37. The van der Waals surface area contributed by atoms with E-state index in [9.17, 15) is 19.2 Å². The zero-order valence-corrected chi connectivity index (χ0v) is 17.0. The first-order valence-corrected chi connectivity index (χ1v) is 10.6. The molecule has 0 radical (unpaired) electrons. The number of hydrogen-bond acceptors (Lipinski definition) is 6. The number of esters is 1. The highest BCUT2D eigenvalue weighted by Gasteiger charge is 2.25. The fourth-order valence-electron chi connectivity index (χ4n) is 3.80. The summed E-state index contributed by atoms with van der Waals surface area (Å²) in [5.41, 5.74) is 8.66. The lowest BCUT2D eigenvalue weighted by molar-refractivity contribution is -0.119. The van der Waals surface area contributed by atoms with Crippen molar-refractivity contribution in [1.82, 2.24) is 0 Å². The molecule has 0 atom stereocenters. The molecule has 0 fully saturated rings. The monoisotopic (exact) mass is 427 g/mol. The molecule has 2 aromatic rings. The predicted molar refractivity (Wildman–Crippen MR) is 112 cm³/mol. The van der Waals surface area contributed by atoms with Gasteiger partial charge in [-0.15, -0.1) is 11.3 Å². The van der Waals surface area contributed by atoms with Crippen LogP contribution in [-0.4, -0.2) is 30.3 Å². The van der Waals surface area contributed by atoms with Gasteiger partial charge in [-0.3, -0.25) is 14.4 Å². The summed E-state index contributed by atoms with van der Waals surface area (Å²) in [5.74, 6) is -1.79. The van der Waals surface area contributed by atoms with Crippen molar-refractivity contribution in [3.63, 3.8) is 0 Å². The van der Waals surface area contributed by atoms with Gasteiger partial charge in [0.05, 0.1) is 11.1 Å². The zero-order chi connectivity index (χ0) is 21.3. The molecule has 1 aromatic carbocycles. The van der Waals surface area contributed by atoms with Crippen LogP contribution in [0.2, 0.25) is 0 Å². The Bertz CT molecular complexity index is 1060. The van der Waals surface area contributed by atoms with Crippen molar-refractivity contribution in [2.24, 2.45) is 5.73 Å². The van der Waals surface area contributed by atoms with Gasteiger partial charge in [-0.05, 0) is 61.4 Å². The molecule has 1 aromatic heterocycles. The van der Waals surface area contributed by atoms with Crippen molar-refractivity contribution in [2.45, 2.75) is 38.5 Å². The Hall–Kier alpha value is -3.20. The van der Waals surface area contributed by atoms with E-state index in [0.29, 0.717) is 34.7 Å². The maximum atomic E-state index is 12.3. The van der Waals surface area contributed by atoms with Crippen LogP contribution in [0.4, 0.5) is 10.7 Å². The van der Waals surface area contributed by atoms with Gasteiger partial charge in [0.2, 0.25) is 5.91 Å². The molecule has 2 heterocycles. The molecule has 0 unspecified atom stereocenters. The predicted octanol–water partition coefficient (Wildman–Crippen LogP) is 2.41. The largest absolute Gasteiger partial charge is 0.452 e. The van der Waals surface area contributed by atoms with Crippen LogP contribution in [0.3, 0.4) is 0 Å². The van der Waals surface area contributed by atoms with Crippen LogP contribution in [0.5, 0.6) is 0 Å². The first-order valence-electron chi connectivity index (χ1n) is 9.76. The fraction of sp³-hybridized carbons (Fsp3) is 0.333. The molecule has 0 spiro atoms. The Labute approximate surface area is 176 Å². The molecule has 0 saturated carbocycles. The van der Waals surface area contributed by atoms with E-state index in [1.165, 1.54) is 11.3 Å². The second kappa shape index (κ2) is 8.27. The van der Waals surface area contributed by atoms with Crippen LogP contribution in [0.1, 0.15) is 56.0 Å². The Morgan fingerprint density at radius 2 is 1.93 bits per heavy atom. The Morgan fingerprint density at radius 3 is 2.73 bits per heavy atom. The van der Waals surface area contributed by atoms with Gasteiger partial charge >= 0.3 is 5.97 Å². The van der Waals surface area contributed by atoms with E-state index < -0.39 is 24.4 Å². The number of amides is 3. The Morgan fingerprint density at radius 1 is 1.13 bits per heavy atom. The number of nitrogens with two attached hydrogens (primary N) is 1. The molecule has 2 aliphatic rings. The third-order valence-corrected chi connectivity index (χ3v) is 6.45. The van der Waals surface area contributed by atoms with Crippen LogP contribution < -0.4 is 16.4 Å². The first kappa shape index (κ1) is 20.1. The molecule has 8 nitrogen and oxygen atoms in total. The van der Waals surface area contributed by atoms with Crippen molar-refractivity contribution < 1.29 is 23.9 Å². The van der Waals surface area contributed by atoms with Crippen molar-refractivity contribution in [3.8, 4) is 0 Å². The number of carbonyl (C=O) groups is 4. The van der Waals surface area contributed by atoms with Gasteiger partial charge in [-0.2, -0.15) is 0 Å². The van der Waals surface area contributed by atoms with Gasteiger partial charge in [0, 0.05) is 17.0 Å². The average Bonchev–Trinajstić information content (AvgIpc) is 3.09. The number of aryl methyl sites for hydroxylation is 2. The van der Waals surface area contributed by atoms with Gasteiger partial charge in [0.15, 0.2) is 6.61 Å². The van der Waals surface area contributed by atoms with E-state index in [2.05, 4.69) is 10.6 Å². The highest BCUT2D eigenvalue weighted by molar-refractivity contribution is 7.17. The second-order valence-electron chi connectivity index (χ2n) is 7.32. The minimum absolute atomic E-state index is 0.0555. The molecular formula is C21H21N3O5S. The first-order chi connectivity index (χ1) is 14.4. The molecule has 0 saturated heterocycles. The second-order valence-corrected chi connectivity index (χ2v) is 8.43. The molecule has 1 aliphatic heterocycles. The standard InChI is InChI=1S/C21H21N3O5S/c22-19(27)18-13-3-1-2-4-15(13)30-20(18)24-17(26)10-29-21(28)12-5-7-14-11(9-12)6-8-16(25)23-14/h5,7,9H,1-4,6,8,10H2,(H2,22,27)(H,23,25)(H,24,26). The molecule has 156 valence electrons. The third kappa shape index (κ3) is 4.06. The van der Waals surface area contributed by atoms with Crippen molar-refractivity contribution in [3.05, 3.63) is 45.3 Å². The maximum absolute atomic E-state index is 12.3. The quantitative estimate of drug-likeness (QED) is 0.632. The maximum Gasteiger partial charge on any atom is 0.338 e. The summed E-state index contributed by atoms with van der Waals surface area (Å²) in [4.78, 5) is 49.0. The lowest BCUT2D eigenvalue weighted by Gasteiger charge is -2.17. The molecule has 0 bridgehead atoms. The van der Waals surface area contributed by atoms with E-state index in [-0.39, 0.29) is 5.91 Å². The van der Waals surface area contributed by atoms with Crippen LogP contribution >= 0.6 is 11.3 Å². The third-order valence-electron chi connectivity index (χ3n) is 5.24. The van der Waals surface area contributed by atoms with Crippen LogP contribution in [0.15, 0.2) is 18.2 Å². The number of carbonyl (C=O) groups excluding carboxylic acids is 4. The normalized spacial score (nSPS) is 14.9. The molecule has 4 rings (SSSR count). The van der Waals surface area contributed by atoms with Crippen molar-refractivity contribution >= 4 is 45.7 Å². The smallest absolute Gasteiger partial charge is 0.338 e. The summed E-state index contributed by atoms with van der Waals surface area (Å²) in [6.45, 7) is -0.479. The number of rotatable bonds is 5. The number of primary amides is 1. The van der Waals surface area contributed by atoms with Crippen molar-refractivity contribution in [1.29, 1.82) is 0 Å². The van der Waals surface area contributed by atoms with Crippen LogP contribution in [0.25, 0.3) is 0 Å². The zero-order valence-electron chi connectivity index (χ0n) is 16.2. The van der Waals surface area contributed by atoms with E-state index in [4.69, 9.17) is 10.5 Å². The summed E-state index contributed by atoms with van der Waals surface area (Å²) in [5, 5.41) is 5.83. The van der Waals surface area contributed by atoms with Gasteiger partial charge in [-0.25, -0.2) is 4.79 Å². The summed E-state index contributed by atoms with van der Waals surface area (Å²) in [7, 11) is 0. The summed E-state index contributed by atoms with van der Waals surface area (Å²) in [6, 6.07) is 4.86. The minimum atomic E-state index is -0.634. The summed E-state index contributed by atoms with van der Waals surface area (Å²) >= 11 is 1.36. The molecule has 4 N–H and O–H groups in total. The Balaban J connectivity index is 1.40. The lowest BCUT2D eigenvalue weighted by Crippen LogP contribution is -2.23. The number of hydrogen-bond donors (Lipinski definition) is 3. The SMILES string of the molecule is NC(=O)c1c(NC(=O)COC(=O)c2ccc3c(c2)CCC(=O)N3)sc2c1CCCC2. The molecular weight excluding hydrogens is 406 g/mol. The van der Waals surface area contributed by atoms with E-state index >= 15 is 0 Å². The van der Waals surface area contributed by atoms with Crippen LogP contribution in [-0.2, 0) is 33.6 Å². The number of thiophene rings is 1.